The van der Waals surface area contributed by atoms with Crippen LogP contribution in [0.15, 0.2) is 0 Å². The summed E-state index contributed by atoms with van der Waals surface area (Å²) in [5.41, 5.74) is 5.65. The Hall–Kier alpha value is -1.96. The maximum absolute atomic E-state index is 11.6. The Morgan fingerprint density at radius 2 is 2.21 bits per heavy atom. The topological polar surface area (TPSA) is 123 Å². The Labute approximate surface area is 111 Å². The zero-order valence-corrected chi connectivity index (χ0v) is 10.9. The Bertz CT molecular complexity index is 444. The second-order valence-corrected chi connectivity index (χ2v) is 4.09. The molecule has 0 spiro atoms. The van der Waals surface area contributed by atoms with Crippen LogP contribution < -0.4 is 11.1 Å². The number of carboxylic acid groups (broad SMARTS) is 1. The molecule has 106 valence electrons. The number of hydrogen-bond acceptors (Lipinski definition) is 5. The first-order valence-electron chi connectivity index (χ1n) is 6.22. The van der Waals surface area contributed by atoms with Crippen LogP contribution in [0.3, 0.4) is 0 Å². The first kappa shape index (κ1) is 15.1. The second kappa shape index (κ2) is 7.47. The number of carbonyl (C=O) groups excluding carboxylic acids is 1. The Morgan fingerprint density at radius 1 is 1.47 bits per heavy atom. The number of amides is 1. The molecule has 0 aliphatic carbocycles. The molecule has 1 aromatic heterocycles. The van der Waals surface area contributed by atoms with Gasteiger partial charge in [0.15, 0.2) is 5.69 Å². The van der Waals surface area contributed by atoms with E-state index in [1.807, 2.05) is 6.92 Å². The smallest absolute Gasteiger partial charge is 0.358 e. The van der Waals surface area contributed by atoms with E-state index < -0.39 is 5.97 Å². The predicted molar refractivity (Wildman–Crippen MR) is 67.7 cm³/mol. The number of carbonyl (C=O) groups is 2. The van der Waals surface area contributed by atoms with E-state index in [2.05, 4.69) is 15.6 Å². The molecule has 0 fully saturated rings. The van der Waals surface area contributed by atoms with E-state index in [9.17, 15) is 9.59 Å². The molecule has 8 heteroatoms. The fourth-order valence-corrected chi connectivity index (χ4v) is 1.61. The van der Waals surface area contributed by atoms with Crippen LogP contribution in [0.25, 0.3) is 0 Å². The molecule has 1 heterocycles. The summed E-state index contributed by atoms with van der Waals surface area (Å²) in [6, 6.07) is 0. The number of rotatable bonds is 8. The quantitative estimate of drug-likeness (QED) is 0.541. The highest BCUT2D eigenvalue weighted by Crippen LogP contribution is 2.06. The third-order valence-electron chi connectivity index (χ3n) is 2.57. The van der Waals surface area contributed by atoms with Gasteiger partial charge in [-0.1, -0.05) is 18.6 Å². The first-order valence-corrected chi connectivity index (χ1v) is 6.22. The van der Waals surface area contributed by atoms with Crippen molar-refractivity contribution in [1.82, 2.24) is 20.3 Å². The molecule has 0 bridgehead atoms. The van der Waals surface area contributed by atoms with Crippen LogP contribution in [0.2, 0.25) is 0 Å². The Balaban J connectivity index is 2.72. The number of hydrogen-bond donors (Lipinski definition) is 3. The molecule has 0 radical (unpaired) electrons. The number of aromatic carboxylic acids is 1. The third kappa shape index (κ3) is 4.32. The van der Waals surface area contributed by atoms with Gasteiger partial charge in [0.2, 0.25) is 5.91 Å². The minimum absolute atomic E-state index is 0.0423. The second-order valence-electron chi connectivity index (χ2n) is 4.09. The maximum Gasteiger partial charge on any atom is 0.358 e. The van der Waals surface area contributed by atoms with Crippen molar-refractivity contribution >= 4 is 11.9 Å². The number of nitrogens with one attached hydrogen (secondary N) is 1. The van der Waals surface area contributed by atoms with E-state index in [0.29, 0.717) is 18.7 Å². The minimum atomic E-state index is -1.17. The molecular formula is C11H19N5O3. The Kier molecular flexibility index (Phi) is 5.94. The molecule has 1 amide bonds. The van der Waals surface area contributed by atoms with Crippen LogP contribution >= 0.6 is 0 Å². The molecule has 1 rings (SSSR count). The summed E-state index contributed by atoms with van der Waals surface area (Å²) < 4.78 is 1.29. The van der Waals surface area contributed by atoms with Crippen molar-refractivity contribution in [1.29, 1.82) is 0 Å². The van der Waals surface area contributed by atoms with Crippen LogP contribution in [-0.4, -0.2) is 45.1 Å². The molecule has 0 aliphatic heterocycles. The lowest BCUT2D eigenvalue weighted by atomic mass is 10.2. The van der Waals surface area contributed by atoms with E-state index in [1.165, 1.54) is 4.68 Å². The number of aromatic nitrogens is 3. The zero-order chi connectivity index (χ0) is 14.3. The van der Waals surface area contributed by atoms with Gasteiger partial charge < -0.3 is 16.2 Å². The fourth-order valence-electron chi connectivity index (χ4n) is 1.61. The van der Waals surface area contributed by atoms with E-state index >= 15 is 0 Å². The van der Waals surface area contributed by atoms with Crippen molar-refractivity contribution in [3.63, 3.8) is 0 Å². The van der Waals surface area contributed by atoms with Crippen molar-refractivity contribution in [2.75, 3.05) is 13.1 Å². The van der Waals surface area contributed by atoms with Gasteiger partial charge in [-0.05, 0) is 13.0 Å². The van der Waals surface area contributed by atoms with Crippen LogP contribution in [-0.2, 0) is 17.8 Å². The lowest BCUT2D eigenvalue weighted by Crippen LogP contribution is -2.29. The molecule has 8 nitrogen and oxygen atoms in total. The van der Waals surface area contributed by atoms with Crippen LogP contribution in [0, 0.1) is 0 Å². The largest absolute Gasteiger partial charge is 0.476 e. The van der Waals surface area contributed by atoms with Gasteiger partial charge in [-0.25, -0.2) is 9.48 Å². The summed E-state index contributed by atoms with van der Waals surface area (Å²) in [6.45, 7) is 2.86. The third-order valence-corrected chi connectivity index (χ3v) is 2.57. The summed E-state index contributed by atoms with van der Waals surface area (Å²) >= 11 is 0. The van der Waals surface area contributed by atoms with Crippen LogP contribution in [0.5, 0.6) is 0 Å². The predicted octanol–water partition coefficient (Wildman–Crippen LogP) is -0.606. The van der Waals surface area contributed by atoms with E-state index in [-0.39, 0.29) is 24.7 Å². The monoisotopic (exact) mass is 269 g/mol. The molecular weight excluding hydrogens is 250 g/mol. The molecule has 0 saturated carbocycles. The van der Waals surface area contributed by atoms with E-state index in [1.54, 1.807) is 0 Å². The molecule has 0 saturated heterocycles. The van der Waals surface area contributed by atoms with Gasteiger partial charge in [-0.2, -0.15) is 0 Å². The summed E-state index contributed by atoms with van der Waals surface area (Å²) in [5.74, 6) is -1.38. The normalized spacial score (nSPS) is 10.4. The number of carboxylic acids is 1. The average molecular weight is 269 g/mol. The van der Waals surface area contributed by atoms with Gasteiger partial charge in [-0.15, -0.1) is 5.10 Å². The molecule has 4 N–H and O–H groups in total. The molecule has 0 aromatic carbocycles. The molecule has 0 atom stereocenters. The summed E-state index contributed by atoms with van der Waals surface area (Å²) in [6.07, 6.45) is 2.21. The van der Waals surface area contributed by atoms with Gasteiger partial charge in [0.25, 0.3) is 0 Å². The maximum atomic E-state index is 11.6. The molecule has 0 aliphatic rings. The lowest BCUT2D eigenvalue weighted by Gasteiger charge is -2.07. The Morgan fingerprint density at radius 3 is 2.79 bits per heavy atom. The van der Waals surface area contributed by atoms with Crippen molar-refractivity contribution in [2.24, 2.45) is 5.73 Å². The molecule has 19 heavy (non-hydrogen) atoms. The van der Waals surface area contributed by atoms with Crippen molar-refractivity contribution in [2.45, 2.75) is 32.7 Å². The highest BCUT2D eigenvalue weighted by atomic mass is 16.4. The van der Waals surface area contributed by atoms with Crippen LogP contribution in [0.4, 0.5) is 0 Å². The van der Waals surface area contributed by atoms with Gasteiger partial charge in [0.05, 0.1) is 5.69 Å². The number of nitrogens with zero attached hydrogens (tertiary/aromatic N) is 3. The van der Waals surface area contributed by atoms with E-state index in [0.717, 1.165) is 12.8 Å². The van der Waals surface area contributed by atoms with E-state index in [4.69, 9.17) is 10.8 Å². The molecule has 1 aromatic rings. The standard InChI is InChI=1S/C11H19N5O3/c1-2-3-6-13-9(17)7-16-8(4-5-12)10(11(18)19)14-15-16/h2-7,12H2,1H3,(H,13,17)(H,18,19). The summed E-state index contributed by atoms with van der Waals surface area (Å²) in [7, 11) is 0. The molecule has 0 unspecified atom stereocenters. The summed E-state index contributed by atoms with van der Waals surface area (Å²) in [5, 5.41) is 18.9. The fraction of sp³-hybridized carbons (Fsp3) is 0.636. The summed E-state index contributed by atoms with van der Waals surface area (Å²) in [4.78, 5) is 22.6. The van der Waals surface area contributed by atoms with Crippen molar-refractivity contribution < 1.29 is 14.7 Å². The lowest BCUT2D eigenvalue weighted by molar-refractivity contribution is -0.121. The number of nitrogens with two attached hydrogens (primary N) is 1. The van der Waals surface area contributed by atoms with Gasteiger partial charge in [0, 0.05) is 13.0 Å². The average Bonchev–Trinajstić information content (AvgIpc) is 2.73. The highest BCUT2D eigenvalue weighted by molar-refractivity contribution is 5.86. The minimum Gasteiger partial charge on any atom is -0.476 e. The van der Waals surface area contributed by atoms with Gasteiger partial charge >= 0.3 is 5.97 Å². The first-order chi connectivity index (χ1) is 9.10. The van der Waals surface area contributed by atoms with Crippen molar-refractivity contribution in [3.8, 4) is 0 Å². The van der Waals surface area contributed by atoms with Gasteiger partial charge in [0.1, 0.15) is 6.54 Å². The van der Waals surface area contributed by atoms with Crippen LogP contribution in [0.1, 0.15) is 35.9 Å². The SMILES string of the molecule is CCCCNC(=O)Cn1nnc(C(=O)O)c1CCN. The zero-order valence-electron chi connectivity index (χ0n) is 10.9. The van der Waals surface area contributed by atoms with Crippen molar-refractivity contribution in [3.05, 3.63) is 11.4 Å². The van der Waals surface area contributed by atoms with Gasteiger partial charge in [-0.3, -0.25) is 4.79 Å². The highest BCUT2D eigenvalue weighted by Gasteiger charge is 2.19. The number of unbranched alkanes of at least 4 members (excludes halogenated alkanes) is 1.